The van der Waals surface area contributed by atoms with Crippen LogP contribution < -0.4 is 10.2 Å². The van der Waals surface area contributed by atoms with Crippen LogP contribution in [0.3, 0.4) is 0 Å². The molecule has 2 aromatic rings. The van der Waals surface area contributed by atoms with Crippen LogP contribution in [0.1, 0.15) is 27.9 Å². The van der Waals surface area contributed by atoms with E-state index in [2.05, 4.69) is 22.3 Å². The smallest absolute Gasteiger partial charge is 0.270 e. The molecule has 0 bridgehead atoms. The van der Waals surface area contributed by atoms with Crippen LogP contribution >= 0.6 is 0 Å². The third-order valence-electron chi connectivity index (χ3n) is 5.50. The van der Waals surface area contributed by atoms with Gasteiger partial charge in [-0.25, -0.2) is 0 Å². The number of benzene rings is 2. The number of aryl methyl sites for hydroxylation is 1. The molecule has 0 aromatic heterocycles. The molecule has 1 aliphatic carbocycles. The van der Waals surface area contributed by atoms with Gasteiger partial charge in [0.2, 0.25) is 0 Å². The van der Waals surface area contributed by atoms with Gasteiger partial charge in [0, 0.05) is 25.7 Å². The van der Waals surface area contributed by atoms with Gasteiger partial charge >= 0.3 is 0 Å². The van der Waals surface area contributed by atoms with E-state index in [9.17, 15) is 14.9 Å². The number of carbonyl (C=O) groups is 1. The van der Waals surface area contributed by atoms with E-state index >= 15 is 0 Å². The Labute approximate surface area is 157 Å². The highest BCUT2D eigenvalue weighted by atomic mass is 16.6. The first kappa shape index (κ1) is 17.5. The number of nitro groups is 1. The zero-order chi connectivity index (χ0) is 19.0. The SMILES string of the molecule is CNC(=O)c1cc([N+](=O)[O-])ccc1N1CCOC2(CCc3ccccc32)C1. The molecule has 1 aliphatic heterocycles. The van der Waals surface area contributed by atoms with E-state index in [-0.39, 0.29) is 11.6 Å². The van der Waals surface area contributed by atoms with Gasteiger partial charge in [0.1, 0.15) is 5.60 Å². The largest absolute Gasteiger partial charge is 0.367 e. The van der Waals surface area contributed by atoms with Crippen LogP contribution in [0.25, 0.3) is 0 Å². The highest BCUT2D eigenvalue weighted by Crippen LogP contribution is 2.43. The number of anilines is 1. The molecule has 1 spiro atoms. The number of hydrogen-bond donors (Lipinski definition) is 1. The number of rotatable bonds is 3. The van der Waals surface area contributed by atoms with Gasteiger partial charge < -0.3 is 15.0 Å². The maximum absolute atomic E-state index is 12.4. The summed E-state index contributed by atoms with van der Waals surface area (Å²) in [6.07, 6.45) is 1.86. The van der Waals surface area contributed by atoms with Crippen LogP contribution in [0, 0.1) is 10.1 Å². The van der Waals surface area contributed by atoms with Crippen molar-refractivity contribution in [2.75, 3.05) is 31.6 Å². The minimum absolute atomic E-state index is 0.0912. The zero-order valence-electron chi connectivity index (χ0n) is 15.1. The number of nitrogens with one attached hydrogen (secondary N) is 1. The van der Waals surface area contributed by atoms with Crippen molar-refractivity contribution < 1.29 is 14.5 Å². The predicted octanol–water partition coefficient (Wildman–Crippen LogP) is 2.63. The minimum Gasteiger partial charge on any atom is -0.367 e. The Morgan fingerprint density at radius 1 is 1.30 bits per heavy atom. The molecule has 140 valence electrons. The molecule has 1 unspecified atom stereocenters. The molecule has 0 radical (unpaired) electrons. The summed E-state index contributed by atoms with van der Waals surface area (Å²) in [5.74, 6) is -0.332. The molecule has 1 amide bonds. The zero-order valence-corrected chi connectivity index (χ0v) is 15.1. The first-order valence-electron chi connectivity index (χ1n) is 9.02. The summed E-state index contributed by atoms with van der Waals surface area (Å²) in [6, 6.07) is 12.8. The van der Waals surface area contributed by atoms with Crippen molar-refractivity contribution in [2.24, 2.45) is 0 Å². The molecular weight excluding hydrogens is 346 g/mol. The number of amides is 1. The lowest BCUT2D eigenvalue weighted by atomic mass is 9.93. The molecule has 0 saturated carbocycles. The van der Waals surface area contributed by atoms with Crippen LogP contribution in [0.2, 0.25) is 0 Å². The van der Waals surface area contributed by atoms with Gasteiger partial charge in [-0.1, -0.05) is 24.3 Å². The molecule has 2 aromatic carbocycles. The molecule has 1 atom stereocenters. The Bertz CT molecular complexity index is 910. The second kappa shape index (κ2) is 6.66. The minimum atomic E-state index is -0.482. The van der Waals surface area contributed by atoms with Crippen molar-refractivity contribution in [3.63, 3.8) is 0 Å². The molecule has 1 N–H and O–H groups in total. The van der Waals surface area contributed by atoms with Crippen molar-refractivity contribution in [1.29, 1.82) is 0 Å². The number of non-ortho nitro benzene ring substituents is 1. The van der Waals surface area contributed by atoms with Crippen molar-refractivity contribution in [1.82, 2.24) is 5.32 Å². The predicted molar refractivity (Wildman–Crippen MR) is 101 cm³/mol. The Kier molecular flexibility index (Phi) is 4.31. The lowest BCUT2D eigenvalue weighted by Crippen LogP contribution is -2.49. The first-order valence-corrected chi connectivity index (χ1v) is 9.02. The summed E-state index contributed by atoms with van der Waals surface area (Å²) < 4.78 is 6.24. The molecule has 4 rings (SSSR count). The molecule has 7 nitrogen and oxygen atoms in total. The Hall–Kier alpha value is -2.93. The van der Waals surface area contributed by atoms with Crippen molar-refractivity contribution in [3.8, 4) is 0 Å². The quantitative estimate of drug-likeness (QED) is 0.666. The Morgan fingerprint density at radius 3 is 2.89 bits per heavy atom. The standard InChI is InChI=1S/C20H21N3O4/c1-21-19(24)16-12-15(23(25)26)6-7-18(16)22-10-11-27-20(13-22)9-8-14-4-2-3-5-17(14)20/h2-7,12H,8-11,13H2,1H3,(H,21,24). The second-order valence-corrected chi connectivity index (χ2v) is 6.96. The number of carbonyl (C=O) groups excluding carboxylic acids is 1. The molecule has 27 heavy (non-hydrogen) atoms. The van der Waals surface area contributed by atoms with E-state index < -0.39 is 10.5 Å². The van der Waals surface area contributed by atoms with Gasteiger partial charge in [-0.2, -0.15) is 0 Å². The number of fused-ring (bicyclic) bond motifs is 2. The summed E-state index contributed by atoms with van der Waals surface area (Å²) in [6.45, 7) is 1.79. The lowest BCUT2D eigenvalue weighted by Gasteiger charge is -2.42. The monoisotopic (exact) mass is 367 g/mol. The third kappa shape index (κ3) is 2.94. The summed E-state index contributed by atoms with van der Waals surface area (Å²) in [7, 11) is 1.53. The van der Waals surface area contributed by atoms with E-state index in [0.717, 1.165) is 12.8 Å². The van der Waals surface area contributed by atoms with E-state index in [0.29, 0.717) is 30.9 Å². The van der Waals surface area contributed by atoms with Crippen molar-refractivity contribution >= 4 is 17.3 Å². The topological polar surface area (TPSA) is 84.7 Å². The fourth-order valence-corrected chi connectivity index (χ4v) is 4.19. The number of ether oxygens (including phenoxy) is 1. The average molecular weight is 367 g/mol. The van der Waals surface area contributed by atoms with Gasteiger partial charge in [0.25, 0.3) is 11.6 Å². The van der Waals surface area contributed by atoms with Gasteiger partial charge in [0.05, 0.1) is 29.3 Å². The van der Waals surface area contributed by atoms with Crippen LogP contribution in [0.4, 0.5) is 11.4 Å². The summed E-state index contributed by atoms with van der Waals surface area (Å²) in [5, 5.41) is 13.7. The van der Waals surface area contributed by atoms with E-state index in [1.54, 1.807) is 6.07 Å². The molecule has 1 heterocycles. The van der Waals surface area contributed by atoms with Crippen LogP contribution in [0.15, 0.2) is 42.5 Å². The fraction of sp³-hybridized carbons (Fsp3) is 0.350. The van der Waals surface area contributed by atoms with E-state index in [1.807, 2.05) is 12.1 Å². The Balaban J connectivity index is 1.72. The number of morpholine rings is 1. The maximum atomic E-state index is 12.4. The van der Waals surface area contributed by atoms with E-state index in [4.69, 9.17) is 4.74 Å². The first-order chi connectivity index (χ1) is 13.0. The fourth-order valence-electron chi connectivity index (χ4n) is 4.19. The molecule has 1 fully saturated rings. The Morgan fingerprint density at radius 2 is 2.11 bits per heavy atom. The van der Waals surface area contributed by atoms with Crippen LogP contribution in [0.5, 0.6) is 0 Å². The molecule has 1 saturated heterocycles. The third-order valence-corrected chi connectivity index (χ3v) is 5.50. The molecular formula is C20H21N3O4. The highest BCUT2D eigenvalue weighted by molar-refractivity contribution is 6.00. The van der Waals surface area contributed by atoms with Crippen LogP contribution in [-0.2, 0) is 16.8 Å². The lowest BCUT2D eigenvalue weighted by molar-refractivity contribution is -0.384. The van der Waals surface area contributed by atoms with Gasteiger partial charge in [-0.05, 0) is 30.0 Å². The summed E-state index contributed by atoms with van der Waals surface area (Å²) in [4.78, 5) is 25.1. The number of nitrogens with zero attached hydrogens (tertiary/aromatic N) is 2. The summed E-state index contributed by atoms with van der Waals surface area (Å²) >= 11 is 0. The van der Waals surface area contributed by atoms with Crippen LogP contribution in [-0.4, -0.2) is 37.6 Å². The van der Waals surface area contributed by atoms with Crippen molar-refractivity contribution in [3.05, 3.63) is 69.3 Å². The van der Waals surface area contributed by atoms with Gasteiger partial charge in [0.15, 0.2) is 0 Å². The maximum Gasteiger partial charge on any atom is 0.270 e. The van der Waals surface area contributed by atoms with Crippen molar-refractivity contribution in [2.45, 2.75) is 18.4 Å². The average Bonchev–Trinajstić information content (AvgIpc) is 3.05. The summed E-state index contributed by atoms with van der Waals surface area (Å²) in [5.41, 5.74) is 3.04. The second-order valence-electron chi connectivity index (χ2n) is 6.96. The number of nitro benzene ring substituents is 1. The van der Waals surface area contributed by atoms with Gasteiger partial charge in [-0.15, -0.1) is 0 Å². The molecule has 7 heteroatoms. The number of hydrogen-bond acceptors (Lipinski definition) is 5. The van der Waals surface area contributed by atoms with E-state index in [1.165, 1.54) is 30.3 Å². The molecule has 2 aliphatic rings. The highest BCUT2D eigenvalue weighted by Gasteiger charge is 2.43. The normalized spacial score (nSPS) is 21.1. The van der Waals surface area contributed by atoms with Gasteiger partial charge in [-0.3, -0.25) is 14.9 Å².